The summed E-state index contributed by atoms with van der Waals surface area (Å²) in [5.74, 6) is -0.697. The Labute approximate surface area is 211 Å². The van der Waals surface area contributed by atoms with Crippen LogP contribution in [0.4, 0.5) is 18.9 Å². The summed E-state index contributed by atoms with van der Waals surface area (Å²) in [5.41, 5.74) is -0.644. The number of carbonyl (C=O) groups excluding carboxylic acids is 1. The zero-order chi connectivity index (χ0) is 25.6. The van der Waals surface area contributed by atoms with Crippen LogP contribution in [-0.4, -0.2) is 27.4 Å². The van der Waals surface area contributed by atoms with Gasteiger partial charge >= 0.3 is 6.18 Å². The Morgan fingerprint density at radius 2 is 1.57 bits per heavy atom. The molecule has 0 bridgehead atoms. The molecule has 35 heavy (non-hydrogen) atoms. The number of rotatable bonds is 9. The molecule has 0 unspecified atom stereocenters. The van der Waals surface area contributed by atoms with Crippen molar-refractivity contribution in [1.29, 1.82) is 0 Å². The van der Waals surface area contributed by atoms with Crippen LogP contribution < -0.4 is 9.62 Å². The average molecular weight is 545 g/mol. The van der Waals surface area contributed by atoms with Gasteiger partial charge in [-0.3, -0.25) is 9.10 Å². The molecule has 0 heterocycles. The fraction of sp³-hybridized carbons (Fsp3) is 0.208. The lowest BCUT2D eigenvalue weighted by Crippen LogP contribution is -2.41. The third-order valence-corrected chi connectivity index (χ3v) is 7.53. The third-order valence-electron chi connectivity index (χ3n) is 5.06. The lowest BCUT2D eigenvalue weighted by atomic mass is 10.1. The van der Waals surface area contributed by atoms with Crippen LogP contribution in [-0.2, 0) is 27.4 Å². The van der Waals surface area contributed by atoms with Crippen LogP contribution in [0, 0.1) is 0 Å². The van der Waals surface area contributed by atoms with E-state index in [1.165, 1.54) is 24.3 Å². The number of halogens is 5. The molecular weight excluding hydrogens is 524 g/mol. The number of carbonyl (C=O) groups is 1. The van der Waals surface area contributed by atoms with Crippen LogP contribution in [0.2, 0.25) is 10.0 Å². The number of hydrogen-bond donors (Lipinski definition) is 1. The number of nitrogens with zero attached hydrogens (tertiary/aromatic N) is 1. The van der Waals surface area contributed by atoms with Gasteiger partial charge in [-0.25, -0.2) is 8.42 Å². The zero-order valence-corrected chi connectivity index (χ0v) is 20.6. The van der Waals surface area contributed by atoms with Crippen molar-refractivity contribution in [2.24, 2.45) is 0 Å². The number of anilines is 1. The van der Waals surface area contributed by atoms with Crippen LogP contribution in [0.15, 0.2) is 77.7 Å². The molecule has 3 aromatic rings. The lowest BCUT2D eigenvalue weighted by Gasteiger charge is -2.26. The summed E-state index contributed by atoms with van der Waals surface area (Å²) in [6.07, 6.45) is -3.64. The van der Waals surface area contributed by atoms with Gasteiger partial charge in [0, 0.05) is 11.6 Å². The highest BCUT2D eigenvalue weighted by molar-refractivity contribution is 7.92. The maximum atomic E-state index is 13.3. The summed E-state index contributed by atoms with van der Waals surface area (Å²) in [5, 5.41) is 2.96. The molecule has 1 amide bonds. The standard InChI is InChI=1S/C24H21Cl2F3N2O3S/c25-20-11-5-4-7-17(20)8-6-14-30-23(32)16-31(35(33,34)19-9-2-1-3-10-19)22-15-18(24(27,28)29)12-13-21(22)26/h1-5,7,9-13,15H,6,8,14,16H2,(H,30,32). The first-order valence-corrected chi connectivity index (χ1v) is 12.6. The van der Waals surface area contributed by atoms with Gasteiger partial charge in [-0.15, -0.1) is 0 Å². The fourth-order valence-corrected chi connectivity index (χ4v) is 5.25. The molecule has 3 rings (SSSR count). The summed E-state index contributed by atoms with van der Waals surface area (Å²) in [4.78, 5) is 12.5. The van der Waals surface area contributed by atoms with Crippen molar-refractivity contribution >= 4 is 44.8 Å². The molecule has 0 aliphatic carbocycles. The van der Waals surface area contributed by atoms with Crippen LogP contribution in [0.1, 0.15) is 17.5 Å². The van der Waals surface area contributed by atoms with Gasteiger partial charge in [0.25, 0.3) is 10.0 Å². The molecule has 11 heteroatoms. The summed E-state index contributed by atoms with van der Waals surface area (Å²) in [7, 11) is -4.41. The van der Waals surface area contributed by atoms with Crippen molar-refractivity contribution in [2.45, 2.75) is 23.9 Å². The Hall–Kier alpha value is -2.75. The van der Waals surface area contributed by atoms with Gasteiger partial charge in [-0.2, -0.15) is 13.2 Å². The molecule has 0 aliphatic rings. The molecule has 0 spiro atoms. The summed E-state index contributed by atoms with van der Waals surface area (Å²) >= 11 is 12.2. The van der Waals surface area contributed by atoms with E-state index in [-0.39, 0.29) is 16.5 Å². The fourth-order valence-electron chi connectivity index (χ4n) is 3.29. The summed E-state index contributed by atoms with van der Waals surface area (Å²) < 4.78 is 67.2. The van der Waals surface area contributed by atoms with Crippen molar-refractivity contribution in [3.63, 3.8) is 0 Å². The van der Waals surface area contributed by atoms with Gasteiger partial charge in [0.15, 0.2) is 0 Å². The van der Waals surface area contributed by atoms with Crippen LogP contribution in [0.25, 0.3) is 0 Å². The van der Waals surface area contributed by atoms with E-state index in [1.807, 2.05) is 12.1 Å². The topological polar surface area (TPSA) is 66.5 Å². The Morgan fingerprint density at radius 3 is 2.23 bits per heavy atom. The van der Waals surface area contributed by atoms with Crippen molar-refractivity contribution in [1.82, 2.24) is 5.32 Å². The van der Waals surface area contributed by atoms with E-state index in [1.54, 1.807) is 18.2 Å². The number of nitrogens with one attached hydrogen (secondary N) is 1. The highest BCUT2D eigenvalue weighted by atomic mass is 35.5. The number of alkyl halides is 3. The van der Waals surface area contributed by atoms with E-state index >= 15 is 0 Å². The molecular formula is C24H21Cl2F3N2O3S. The predicted octanol–water partition coefficient (Wildman–Crippen LogP) is 5.96. The van der Waals surface area contributed by atoms with Gasteiger partial charge in [0.2, 0.25) is 5.91 Å². The van der Waals surface area contributed by atoms with Crippen LogP contribution >= 0.6 is 23.2 Å². The van der Waals surface area contributed by atoms with E-state index in [9.17, 15) is 26.4 Å². The SMILES string of the molecule is O=C(CN(c1cc(C(F)(F)F)ccc1Cl)S(=O)(=O)c1ccccc1)NCCCc1ccccc1Cl. The molecule has 5 nitrogen and oxygen atoms in total. The third kappa shape index (κ3) is 6.90. The molecule has 0 atom stereocenters. The zero-order valence-electron chi connectivity index (χ0n) is 18.2. The van der Waals surface area contributed by atoms with Gasteiger partial charge < -0.3 is 5.32 Å². The van der Waals surface area contributed by atoms with Crippen molar-refractivity contribution < 1.29 is 26.4 Å². The number of benzene rings is 3. The Bertz CT molecular complexity index is 1290. The molecule has 0 saturated heterocycles. The second-order valence-electron chi connectivity index (χ2n) is 7.53. The molecule has 1 N–H and O–H groups in total. The van der Waals surface area contributed by atoms with Gasteiger partial charge in [0.05, 0.1) is 21.2 Å². The first kappa shape index (κ1) is 26.8. The molecule has 0 aliphatic heterocycles. The smallest absolute Gasteiger partial charge is 0.355 e. The first-order chi connectivity index (χ1) is 16.5. The molecule has 0 saturated carbocycles. The van der Waals surface area contributed by atoms with Crippen molar-refractivity contribution in [2.75, 3.05) is 17.4 Å². The van der Waals surface area contributed by atoms with Crippen molar-refractivity contribution in [3.8, 4) is 0 Å². The highest BCUT2D eigenvalue weighted by Crippen LogP contribution is 2.37. The largest absolute Gasteiger partial charge is 0.416 e. The van der Waals surface area contributed by atoms with Gasteiger partial charge in [-0.1, -0.05) is 59.6 Å². The van der Waals surface area contributed by atoms with E-state index < -0.39 is 39.9 Å². The summed E-state index contributed by atoms with van der Waals surface area (Å²) in [6.45, 7) is -0.552. The Morgan fingerprint density at radius 1 is 0.914 bits per heavy atom. The van der Waals surface area contributed by atoms with Crippen LogP contribution in [0.5, 0.6) is 0 Å². The molecule has 0 radical (unpaired) electrons. The minimum atomic E-state index is -4.73. The number of amides is 1. The molecule has 0 aromatic heterocycles. The van der Waals surface area contributed by atoms with Crippen LogP contribution in [0.3, 0.4) is 0 Å². The van der Waals surface area contributed by atoms with Crippen molar-refractivity contribution in [3.05, 3.63) is 94.0 Å². The Kier molecular flexibility index (Phi) is 8.69. The minimum Gasteiger partial charge on any atom is -0.355 e. The Balaban J connectivity index is 1.83. The normalized spacial score (nSPS) is 11.8. The maximum Gasteiger partial charge on any atom is 0.416 e. The average Bonchev–Trinajstić information content (AvgIpc) is 2.81. The van der Waals surface area contributed by atoms with E-state index in [0.29, 0.717) is 28.2 Å². The molecule has 186 valence electrons. The van der Waals surface area contributed by atoms with Gasteiger partial charge in [0.1, 0.15) is 6.54 Å². The maximum absolute atomic E-state index is 13.3. The first-order valence-electron chi connectivity index (χ1n) is 10.4. The number of aryl methyl sites for hydroxylation is 1. The minimum absolute atomic E-state index is 0.194. The molecule has 3 aromatic carbocycles. The second-order valence-corrected chi connectivity index (χ2v) is 10.2. The second kappa shape index (κ2) is 11.3. The lowest BCUT2D eigenvalue weighted by molar-refractivity contribution is -0.137. The summed E-state index contributed by atoms with van der Waals surface area (Å²) in [6, 6.07) is 16.6. The quantitative estimate of drug-likeness (QED) is 0.338. The predicted molar refractivity (Wildman–Crippen MR) is 130 cm³/mol. The number of hydrogen-bond acceptors (Lipinski definition) is 3. The monoisotopic (exact) mass is 544 g/mol. The molecule has 0 fully saturated rings. The highest BCUT2D eigenvalue weighted by Gasteiger charge is 2.34. The van der Waals surface area contributed by atoms with E-state index in [4.69, 9.17) is 23.2 Å². The number of sulfonamides is 1. The van der Waals surface area contributed by atoms with E-state index in [0.717, 1.165) is 17.7 Å². The van der Waals surface area contributed by atoms with Gasteiger partial charge in [-0.05, 0) is 54.8 Å². The van der Waals surface area contributed by atoms with E-state index in [2.05, 4.69) is 5.32 Å².